The highest BCUT2D eigenvalue weighted by Crippen LogP contribution is 2.36. The Morgan fingerprint density at radius 3 is 2.39 bits per heavy atom. The molecule has 4 rings (SSSR count). The van der Waals surface area contributed by atoms with E-state index in [2.05, 4.69) is 31.2 Å². The molecule has 6 nitrogen and oxygen atoms in total. The number of nitrogens with one attached hydrogen (secondary N) is 1. The molecule has 9 heteroatoms. The molecule has 2 aromatic heterocycles. The van der Waals surface area contributed by atoms with Crippen molar-refractivity contribution in [3.8, 4) is 0 Å². The minimum atomic E-state index is -0.663. The van der Waals surface area contributed by atoms with Crippen molar-refractivity contribution in [2.24, 2.45) is 5.73 Å². The van der Waals surface area contributed by atoms with Crippen LogP contribution in [0.5, 0.6) is 0 Å². The number of carbonyl (C=O) groups excluding carboxylic acids is 2. The number of rotatable bonds is 6. The number of benzene rings is 2. The number of pyridine rings is 2. The maximum absolute atomic E-state index is 12.9. The highest BCUT2D eigenvalue weighted by molar-refractivity contribution is 9.10. The van der Waals surface area contributed by atoms with E-state index >= 15 is 0 Å². The van der Waals surface area contributed by atoms with Crippen LogP contribution in [0.1, 0.15) is 27.5 Å². The van der Waals surface area contributed by atoms with Gasteiger partial charge in [-0.15, -0.1) is 0 Å². The zero-order chi connectivity index (χ0) is 23.5. The average Bonchev–Trinajstić information content (AvgIpc) is 2.78. The summed E-state index contributed by atoms with van der Waals surface area (Å²) in [5.74, 6) is -1.63. The van der Waals surface area contributed by atoms with Crippen LogP contribution < -0.4 is 11.1 Å². The third kappa shape index (κ3) is 4.85. The normalized spacial score (nSPS) is 11.8. The standard InChI is InChI=1S/C24H17BrCl2N4O2/c25-16-12-30-22-14(20(16)15(23(28)32)11-13-5-1-2-10-29-13)6-3-9-19(22)31-24(33)21-17(26)7-4-8-18(21)27/h1-10,12,15H,11H2,(H2,28,32)(H,31,33). The molecule has 0 bridgehead atoms. The molecule has 0 aliphatic rings. The molecule has 33 heavy (non-hydrogen) atoms. The summed E-state index contributed by atoms with van der Waals surface area (Å²) < 4.78 is 0.632. The Balaban J connectivity index is 1.79. The number of amides is 2. The molecule has 0 saturated heterocycles. The molecular weight excluding hydrogens is 527 g/mol. The van der Waals surface area contributed by atoms with Crippen molar-refractivity contribution >= 4 is 67.5 Å². The van der Waals surface area contributed by atoms with Crippen molar-refractivity contribution in [2.45, 2.75) is 12.3 Å². The van der Waals surface area contributed by atoms with Crippen molar-refractivity contribution in [2.75, 3.05) is 5.32 Å². The Labute approximate surface area is 208 Å². The van der Waals surface area contributed by atoms with E-state index in [1.165, 1.54) is 0 Å². The van der Waals surface area contributed by atoms with E-state index in [0.29, 0.717) is 33.0 Å². The van der Waals surface area contributed by atoms with Crippen LogP contribution in [0.4, 0.5) is 5.69 Å². The predicted molar refractivity (Wildman–Crippen MR) is 134 cm³/mol. The first kappa shape index (κ1) is 23.2. The second kappa shape index (κ2) is 9.87. The van der Waals surface area contributed by atoms with E-state index < -0.39 is 17.7 Å². The fraction of sp³-hybridized carbons (Fsp3) is 0.0833. The molecule has 0 radical (unpaired) electrons. The van der Waals surface area contributed by atoms with Gasteiger partial charge in [-0.3, -0.25) is 19.6 Å². The number of nitrogens with zero attached hydrogens (tertiary/aromatic N) is 2. The highest BCUT2D eigenvalue weighted by atomic mass is 79.9. The van der Waals surface area contributed by atoms with E-state index in [1.54, 1.807) is 48.8 Å². The summed E-state index contributed by atoms with van der Waals surface area (Å²) in [5, 5.41) is 3.98. The van der Waals surface area contributed by atoms with Crippen LogP contribution in [0.25, 0.3) is 10.9 Å². The van der Waals surface area contributed by atoms with Crippen molar-refractivity contribution in [3.63, 3.8) is 0 Å². The van der Waals surface area contributed by atoms with Crippen LogP contribution in [0.15, 0.2) is 71.5 Å². The Morgan fingerprint density at radius 2 is 1.73 bits per heavy atom. The second-order valence-corrected chi connectivity index (χ2v) is 8.92. The van der Waals surface area contributed by atoms with Crippen LogP contribution >= 0.6 is 39.1 Å². The number of primary amides is 1. The largest absolute Gasteiger partial charge is 0.369 e. The monoisotopic (exact) mass is 542 g/mol. The summed E-state index contributed by atoms with van der Waals surface area (Å²) >= 11 is 15.9. The zero-order valence-corrected chi connectivity index (χ0v) is 20.2. The Hall–Kier alpha value is -3.00. The van der Waals surface area contributed by atoms with Crippen LogP contribution in [0.3, 0.4) is 0 Å². The Bertz CT molecular complexity index is 1350. The summed E-state index contributed by atoms with van der Waals surface area (Å²) in [5.41, 5.74) is 8.32. The molecule has 3 N–H and O–H groups in total. The molecular formula is C24H17BrCl2N4O2. The van der Waals surface area contributed by atoms with Crippen molar-refractivity contribution in [1.29, 1.82) is 0 Å². The number of halogens is 3. The van der Waals surface area contributed by atoms with Gasteiger partial charge in [0, 0.05) is 34.4 Å². The summed E-state index contributed by atoms with van der Waals surface area (Å²) in [6.45, 7) is 0. The van der Waals surface area contributed by atoms with Gasteiger partial charge < -0.3 is 11.1 Å². The maximum Gasteiger partial charge on any atom is 0.258 e. The molecule has 0 aliphatic carbocycles. The fourth-order valence-electron chi connectivity index (χ4n) is 3.65. The van der Waals surface area contributed by atoms with Gasteiger partial charge in [0.25, 0.3) is 5.91 Å². The first-order valence-electron chi connectivity index (χ1n) is 9.88. The summed E-state index contributed by atoms with van der Waals surface area (Å²) in [6.07, 6.45) is 3.57. The predicted octanol–water partition coefficient (Wildman–Crippen LogP) is 5.76. The summed E-state index contributed by atoms with van der Waals surface area (Å²) in [6, 6.07) is 15.7. The molecule has 2 amide bonds. The number of para-hydroxylation sites is 1. The van der Waals surface area contributed by atoms with Gasteiger partial charge in [0.2, 0.25) is 5.91 Å². The summed E-state index contributed by atoms with van der Waals surface area (Å²) in [7, 11) is 0. The van der Waals surface area contributed by atoms with Crippen LogP contribution in [-0.2, 0) is 11.2 Å². The van der Waals surface area contributed by atoms with Crippen molar-refractivity contribution < 1.29 is 9.59 Å². The average molecular weight is 544 g/mol. The molecule has 2 aromatic carbocycles. The van der Waals surface area contributed by atoms with E-state index in [0.717, 1.165) is 5.69 Å². The second-order valence-electron chi connectivity index (χ2n) is 7.25. The number of hydrogen-bond acceptors (Lipinski definition) is 4. The van der Waals surface area contributed by atoms with E-state index in [9.17, 15) is 9.59 Å². The Kier molecular flexibility index (Phi) is 6.93. The van der Waals surface area contributed by atoms with Gasteiger partial charge in [-0.05, 0) is 51.8 Å². The molecule has 0 saturated carbocycles. The quantitative estimate of drug-likeness (QED) is 0.323. The lowest BCUT2D eigenvalue weighted by Crippen LogP contribution is -2.24. The molecule has 166 valence electrons. The van der Waals surface area contributed by atoms with E-state index in [-0.39, 0.29) is 15.6 Å². The number of anilines is 1. The van der Waals surface area contributed by atoms with Crippen molar-refractivity contribution in [3.05, 3.63) is 98.3 Å². The maximum atomic E-state index is 12.9. The number of nitrogens with two attached hydrogens (primary N) is 1. The lowest BCUT2D eigenvalue weighted by atomic mass is 9.90. The van der Waals surface area contributed by atoms with Gasteiger partial charge in [-0.1, -0.05) is 47.5 Å². The number of hydrogen-bond donors (Lipinski definition) is 2. The van der Waals surface area contributed by atoms with Crippen molar-refractivity contribution in [1.82, 2.24) is 9.97 Å². The molecule has 4 aromatic rings. The van der Waals surface area contributed by atoms with E-state index in [1.807, 2.05) is 18.2 Å². The smallest absolute Gasteiger partial charge is 0.258 e. The van der Waals surface area contributed by atoms with Crippen LogP contribution in [0, 0.1) is 0 Å². The summed E-state index contributed by atoms with van der Waals surface area (Å²) in [4.78, 5) is 34.2. The number of carbonyl (C=O) groups is 2. The van der Waals surface area contributed by atoms with Crippen LogP contribution in [0.2, 0.25) is 10.0 Å². The molecule has 1 unspecified atom stereocenters. The zero-order valence-electron chi connectivity index (χ0n) is 17.1. The van der Waals surface area contributed by atoms with Gasteiger partial charge in [-0.2, -0.15) is 0 Å². The minimum Gasteiger partial charge on any atom is -0.369 e. The minimum absolute atomic E-state index is 0.167. The van der Waals surface area contributed by atoms with Gasteiger partial charge in [0.15, 0.2) is 0 Å². The first-order valence-corrected chi connectivity index (χ1v) is 11.4. The fourth-order valence-corrected chi connectivity index (χ4v) is 4.81. The first-order chi connectivity index (χ1) is 15.9. The topological polar surface area (TPSA) is 98.0 Å². The molecule has 0 aliphatic heterocycles. The molecule has 0 spiro atoms. The van der Waals surface area contributed by atoms with Gasteiger partial charge in [0.1, 0.15) is 0 Å². The number of fused-ring (bicyclic) bond motifs is 1. The Morgan fingerprint density at radius 1 is 1.00 bits per heavy atom. The lowest BCUT2D eigenvalue weighted by Gasteiger charge is -2.19. The van der Waals surface area contributed by atoms with Gasteiger partial charge >= 0.3 is 0 Å². The SMILES string of the molecule is NC(=O)C(Cc1ccccn1)c1c(Br)cnc2c(NC(=O)c3c(Cl)cccc3Cl)cccc12. The van der Waals surface area contributed by atoms with Gasteiger partial charge in [0.05, 0.1) is 32.7 Å². The van der Waals surface area contributed by atoms with Crippen LogP contribution in [-0.4, -0.2) is 21.8 Å². The third-order valence-corrected chi connectivity index (χ3v) is 6.42. The highest BCUT2D eigenvalue weighted by Gasteiger charge is 2.25. The van der Waals surface area contributed by atoms with E-state index in [4.69, 9.17) is 28.9 Å². The molecule has 1 atom stereocenters. The lowest BCUT2D eigenvalue weighted by molar-refractivity contribution is -0.119. The number of aromatic nitrogens is 2. The molecule has 0 fully saturated rings. The third-order valence-electron chi connectivity index (χ3n) is 5.16. The van der Waals surface area contributed by atoms with Gasteiger partial charge in [-0.25, -0.2) is 0 Å². The molecule has 2 heterocycles.